The Hall–Kier alpha value is -2.17. The molecule has 2 heterocycles. The molecule has 0 bridgehead atoms. The Kier molecular flexibility index (Phi) is 2.98. The SMILES string of the molecule is Clc1ccc2nc(Nc3cccc4cnccc34)sc2c1. The molecule has 0 aliphatic carbocycles. The minimum atomic E-state index is 0.730. The summed E-state index contributed by atoms with van der Waals surface area (Å²) in [6, 6.07) is 13.8. The second kappa shape index (κ2) is 4.98. The maximum Gasteiger partial charge on any atom is 0.188 e. The van der Waals surface area contributed by atoms with Gasteiger partial charge in [-0.05, 0) is 30.3 Å². The van der Waals surface area contributed by atoms with Crippen LogP contribution in [-0.4, -0.2) is 9.97 Å². The molecule has 2 aromatic carbocycles. The van der Waals surface area contributed by atoms with Gasteiger partial charge in [0.1, 0.15) is 0 Å². The van der Waals surface area contributed by atoms with Gasteiger partial charge in [-0.1, -0.05) is 35.1 Å². The first kappa shape index (κ1) is 12.6. The van der Waals surface area contributed by atoms with Gasteiger partial charge in [-0.3, -0.25) is 4.98 Å². The van der Waals surface area contributed by atoms with Crippen molar-refractivity contribution in [2.75, 3.05) is 5.32 Å². The van der Waals surface area contributed by atoms with Crippen LogP contribution in [0.25, 0.3) is 21.0 Å². The van der Waals surface area contributed by atoms with Crippen LogP contribution >= 0.6 is 22.9 Å². The quantitative estimate of drug-likeness (QED) is 0.550. The fourth-order valence-electron chi connectivity index (χ4n) is 2.30. The van der Waals surface area contributed by atoms with Crippen LogP contribution in [0.2, 0.25) is 5.02 Å². The molecule has 0 atom stereocenters. The van der Waals surface area contributed by atoms with Crippen LogP contribution < -0.4 is 5.32 Å². The van der Waals surface area contributed by atoms with Crippen LogP contribution in [0.5, 0.6) is 0 Å². The molecule has 4 aromatic rings. The first-order chi connectivity index (χ1) is 10.3. The van der Waals surface area contributed by atoms with Crippen molar-refractivity contribution in [1.82, 2.24) is 9.97 Å². The summed E-state index contributed by atoms with van der Waals surface area (Å²) in [5, 5.41) is 7.21. The molecule has 0 saturated heterocycles. The fraction of sp³-hybridized carbons (Fsp3) is 0. The van der Waals surface area contributed by atoms with Crippen LogP contribution in [0.3, 0.4) is 0 Å². The molecule has 0 aliphatic heterocycles. The number of hydrogen-bond acceptors (Lipinski definition) is 4. The van der Waals surface area contributed by atoms with Crippen LogP contribution in [-0.2, 0) is 0 Å². The number of nitrogens with one attached hydrogen (secondary N) is 1. The summed E-state index contributed by atoms with van der Waals surface area (Å²) in [7, 11) is 0. The number of rotatable bonds is 2. The molecule has 21 heavy (non-hydrogen) atoms. The Morgan fingerprint density at radius 1 is 1.10 bits per heavy atom. The van der Waals surface area contributed by atoms with E-state index in [4.69, 9.17) is 11.6 Å². The zero-order chi connectivity index (χ0) is 14.2. The van der Waals surface area contributed by atoms with E-state index in [2.05, 4.69) is 15.3 Å². The van der Waals surface area contributed by atoms with Crippen molar-refractivity contribution in [3.63, 3.8) is 0 Å². The maximum atomic E-state index is 6.02. The van der Waals surface area contributed by atoms with Gasteiger partial charge in [-0.15, -0.1) is 0 Å². The van der Waals surface area contributed by atoms with E-state index < -0.39 is 0 Å². The summed E-state index contributed by atoms with van der Waals surface area (Å²) in [6.45, 7) is 0. The minimum Gasteiger partial charge on any atom is -0.331 e. The largest absolute Gasteiger partial charge is 0.331 e. The van der Waals surface area contributed by atoms with E-state index in [0.29, 0.717) is 0 Å². The van der Waals surface area contributed by atoms with E-state index in [-0.39, 0.29) is 0 Å². The molecule has 0 fully saturated rings. The Bertz CT molecular complexity index is 943. The lowest BCUT2D eigenvalue weighted by Crippen LogP contribution is -1.90. The van der Waals surface area contributed by atoms with Crippen molar-refractivity contribution in [3.05, 3.63) is 59.9 Å². The number of thiazole rings is 1. The van der Waals surface area contributed by atoms with E-state index in [1.807, 2.05) is 48.7 Å². The Labute approximate surface area is 130 Å². The predicted octanol–water partition coefficient (Wildman–Crippen LogP) is 5.24. The first-order valence-corrected chi connectivity index (χ1v) is 7.65. The van der Waals surface area contributed by atoms with Gasteiger partial charge in [0.05, 0.1) is 10.2 Å². The molecule has 0 amide bonds. The van der Waals surface area contributed by atoms with Gasteiger partial charge in [-0.25, -0.2) is 4.98 Å². The normalized spacial score (nSPS) is 11.1. The highest BCUT2D eigenvalue weighted by Crippen LogP contribution is 2.32. The summed E-state index contributed by atoms with van der Waals surface area (Å²) in [5.41, 5.74) is 1.98. The summed E-state index contributed by atoms with van der Waals surface area (Å²) < 4.78 is 1.08. The van der Waals surface area contributed by atoms with E-state index >= 15 is 0 Å². The molecule has 0 unspecified atom stereocenters. The fourth-order valence-corrected chi connectivity index (χ4v) is 3.45. The van der Waals surface area contributed by atoms with Crippen molar-refractivity contribution in [2.45, 2.75) is 0 Å². The predicted molar refractivity (Wildman–Crippen MR) is 89.7 cm³/mol. The summed E-state index contributed by atoms with van der Waals surface area (Å²) in [6.07, 6.45) is 3.66. The molecule has 102 valence electrons. The average molecular weight is 312 g/mol. The number of aromatic nitrogens is 2. The molecule has 0 radical (unpaired) electrons. The molecule has 1 N–H and O–H groups in total. The number of hydrogen-bond donors (Lipinski definition) is 1. The van der Waals surface area contributed by atoms with Gasteiger partial charge in [0, 0.05) is 33.9 Å². The zero-order valence-electron chi connectivity index (χ0n) is 10.9. The lowest BCUT2D eigenvalue weighted by Gasteiger charge is -2.06. The van der Waals surface area contributed by atoms with E-state index in [9.17, 15) is 0 Å². The Morgan fingerprint density at radius 3 is 3.00 bits per heavy atom. The topological polar surface area (TPSA) is 37.8 Å². The van der Waals surface area contributed by atoms with E-state index in [0.717, 1.165) is 36.8 Å². The molecule has 0 aliphatic rings. The standard InChI is InChI=1S/C16H10ClN3S/c17-11-4-5-14-15(8-11)21-16(20-14)19-13-3-1-2-10-9-18-7-6-12(10)13/h1-9H,(H,19,20). The number of nitrogens with zero attached hydrogens (tertiary/aromatic N) is 2. The summed E-state index contributed by atoms with van der Waals surface area (Å²) in [5.74, 6) is 0. The molecular weight excluding hydrogens is 302 g/mol. The molecule has 0 spiro atoms. The van der Waals surface area contributed by atoms with Crippen molar-refractivity contribution in [3.8, 4) is 0 Å². The van der Waals surface area contributed by atoms with Crippen LogP contribution in [0, 0.1) is 0 Å². The number of pyridine rings is 1. The zero-order valence-corrected chi connectivity index (χ0v) is 12.4. The number of fused-ring (bicyclic) bond motifs is 2. The van der Waals surface area contributed by atoms with Gasteiger partial charge in [0.25, 0.3) is 0 Å². The second-order valence-corrected chi connectivity index (χ2v) is 6.13. The third-order valence-electron chi connectivity index (χ3n) is 3.27. The van der Waals surface area contributed by atoms with Gasteiger partial charge in [0.2, 0.25) is 0 Å². The lowest BCUT2D eigenvalue weighted by atomic mass is 10.1. The number of benzene rings is 2. The minimum absolute atomic E-state index is 0.730. The molecule has 2 aromatic heterocycles. The van der Waals surface area contributed by atoms with Crippen LogP contribution in [0.15, 0.2) is 54.9 Å². The molecule has 4 rings (SSSR count). The first-order valence-electron chi connectivity index (χ1n) is 6.45. The Morgan fingerprint density at radius 2 is 2.05 bits per heavy atom. The highest BCUT2D eigenvalue weighted by atomic mass is 35.5. The van der Waals surface area contributed by atoms with Gasteiger partial charge in [-0.2, -0.15) is 0 Å². The summed E-state index contributed by atoms with van der Waals surface area (Å²) >= 11 is 7.61. The smallest absolute Gasteiger partial charge is 0.188 e. The van der Waals surface area contributed by atoms with E-state index in [1.54, 1.807) is 17.5 Å². The number of halogens is 1. The van der Waals surface area contributed by atoms with Crippen LogP contribution in [0.1, 0.15) is 0 Å². The number of anilines is 2. The van der Waals surface area contributed by atoms with Crippen molar-refractivity contribution < 1.29 is 0 Å². The second-order valence-electron chi connectivity index (χ2n) is 4.66. The summed E-state index contributed by atoms with van der Waals surface area (Å²) in [4.78, 5) is 8.74. The third-order valence-corrected chi connectivity index (χ3v) is 4.44. The maximum absolute atomic E-state index is 6.02. The van der Waals surface area contributed by atoms with Crippen molar-refractivity contribution in [2.24, 2.45) is 0 Å². The van der Waals surface area contributed by atoms with Gasteiger partial charge < -0.3 is 5.32 Å². The van der Waals surface area contributed by atoms with Gasteiger partial charge >= 0.3 is 0 Å². The highest BCUT2D eigenvalue weighted by Gasteiger charge is 2.06. The lowest BCUT2D eigenvalue weighted by molar-refractivity contribution is 1.36. The molecule has 5 heteroatoms. The average Bonchev–Trinajstić information content (AvgIpc) is 2.89. The van der Waals surface area contributed by atoms with Gasteiger partial charge in [0.15, 0.2) is 5.13 Å². The Balaban J connectivity index is 1.79. The van der Waals surface area contributed by atoms with E-state index in [1.165, 1.54) is 0 Å². The third kappa shape index (κ3) is 2.33. The molecule has 3 nitrogen and oxygen atoms in total. The van der Waals surface area contributed by atoms with Crippen LogP contribution in [0.4, 0.5) is 10.8 Å². The molecular formula is C16H10ClN3S. The highest BCUT2D eigenvalue weighted by molar-refractivity contribution is 7.22. The van der Waals surface area contributed by atoms with Crippen molar-refractivity contribution >= 4 is 54.7 Å². The monoisotopic (exact) mass is 311 g/mol. The molecule has 0 saturated carbocycles. The van der Waals surface area contributed by atoms with Crippen molar-refractivity contribution in [1.29, 1.82) is 0 Å².